The van der Waals surface area contributed by atoms with E-state index in [-0.39, 0.29) is 0 Å². The Hall–Kier alpha value is -3.17. The van der Waals surface area contributed by atoms with Crippen molar-refractivity contribution in [1.29, 1.82) is 0 Å². The summed E-state index contributed by atoms with van der Waals surface area (Å²) in [5, 5.41) is 16.4. The zero-order valence-electron chi connectivity index (χ0n) is 17.5. The molecule has 1 unspecified atom stereocenters. The summed E-state index contributed by atoms with van der Waals surface area (Å²) >= 11 is 1.62. The number of anilines is 1. The van der Waals surface area contributed by atoms with Crippen LogP contribution in [0.4, 0.5) is 5.13 Å². The van der Waals surface area contributed by atoms with Crippen LogP contribution in [0.15, 0.2) is 42.7 Å². The van der Waals surface area contributed by atoms with Crippen LogP contribution in [0.3, 0.4) is 0 Å². The van der Waals surface area contributed by atoms with Crippen LogP contribution in [0.2, 0.25) is 0 Å². The van der Waals surface area contributed by atoms with E-state index in [0.29, 0.717) is 12.6 Å². The molecule has 1 aliphatic heterocycles. The maximum atomic E-state index is 5.48. The second kappa shape index (κ2) is 8.52. The van der Waals surface area contributed by atoms with Gasteiger partial charge in [-0.15, -0.1) is 0 Å². The van der Waals surface area contributed by atoms with Crippen LogP contribution in [-0.2, 0) is 11.3 Å². The van der Waals surface area contributed by atoms with Gasteiger partial charge in [0.2, 0.25) is 0 Å². The first-order valence-electron chi connectivity index (χ1n) is 10.2. The van der Waals surface area contributed by atoms with Gasteiger partial charge in [0.25, 0.3) is 0 Å². The summed E-state index contributed by atoms with van der Waals surface area (Å²) in [6.07, 6.45) is 4.89. The number of hydrogen-bond acceptors (Lipinski definition) is 7. The Morgan fingerprint density at radius 2 is 2.16 bits per heavy atom. The number of nitrogens with zero attached hydrogens (tertiary/aromatic N) is 4. The van der Waals surface area contributed by atoms with Crippen molar-refractivity contribution in [2.75, 3.05) is 25.6 Å². The average molecular weight is 437 g/mol. The first-order valence-corrected chi connectivity index (χ1v) is 11.0. The van der Waals surface area contributed by atoms with Crippen molar-refractivity contribution in [2.45, 2.75) is 25.9 Å². The van der Waals surface area contributed by atoms with E-state index in [1.54, 1.807) is 18.4 Å². The van der Waals surface area contributed by atoms with Gasteiger partial charge in [-0.2, -0.15) is 10.2 Å². The first-order chi connectivity index (χ1) is 15.2. The largest absolute Gasteiger partial charge is 0.497 e. The second-order valence-corrected chi connectivity index (χ2v) is 8.48. The molecular weight excluding hydrogens is 412 g/mol. The number of benzene rings is 1. The van der Waals surface area contributed by atoms with Gasteiger partial charge in [0, 0.05) is 30.5 Å². The number of thiazole rings is 1. The molecule has 0 radical (unpaired) electrons. The summed E-state index contributed by atoms with van der Waals surface area (Å²) in [7, 11) is 1.67. The van der Waals surface area contributed by atoms with Crippen LogP contribution in [0.1, 0.15) is 23.7 Å². The smallest absolute Gasteiger partial charge is 0.183 e. The Morgan fingerprint density at radius 1 is 1.29 bits per heavy atom. The normalized spacial score (nSPS) is 16.0. The Kier molecular flexibility index (Phi) is 5.44. The molecule has 2 N–H and O–H groups in total. The Bertz CT molecular complexity index is 1160. The summed E-state index contributed by atoms with van der Waals surface area (Å²) < 4.78 is 12.7. The lowest BCUT2D eigenvalue weighted by Gasteiger charge is -2.06. The summed E-state index contributed by atoms with van der Waals surface area (Å²) in [6.45, 7) is 4.18. The van der Waals surface area contributed by atoms with Gasteiger partial charge in [-0.1, -0.05) is 11.3 Å². The highest BCUT2D eigenvalue weighted by Crippen LogP contribution is 2.33. The van der Waals surface area contributed by atoms with E-state index in [2.05, 4.69) is 21.6 Å². The maximum Gasteiger partial charge on any atom is 0.183 e. The zero-order chi connectivity index (χ0) is 21.2. The summed E-state index contributed by atoms with van der Waals surface area (Å²) in [6, 6.07) is 10.3. The molecular formula is C22H24N6O2S. The predicted octanol–water partition coefficient (Wildman–Crippen LogP) is 4.29. The maximum absolute atomic E-state index is 5.48. The van der Waals surface area contributed by atoms with Crippen molar-refractivity contribution in [3.05, 3.63) is 54.0 Å². The molecule has 1 fully saturated rings. The second-order valence-electron chi connectivity index (χ2n) is 7.48. The van der Waals surface area contributed by atoms with E-state index < -0.39 is 0 Å². The van der Waals surface area contributed by atoms with Crippen molar-refractivity contribution in [3.8, 4) is 27.6 Å². The fraction of sp³-hybridized carbons (Fsp3) is 0.318. The lowest BCUT2D eigenvalue weighted by molar-refractivity contribution is 0.184. The van der Waals surface area contributed by atoms with Gasteiger partial charge in [0.05, 0.1) is 42.2 Å². The number of methoxy groups -OCH3 is 1. The number of hydrogen-bond donors (Lipinski definition) is 2. The number of ether oxygens (including phenoxy) is 2. The Balaban J connectivity index is 1.30. The molecule has 1 aromatic carbocycles. The fourth-order valence-corrected chi connectivity index (χ4v) is 4.65. The standard InChI is InChI=1S/C22H24N6O2S/c1-14-21(19-7-9-28(27-19)17-8-10-30-13-17)31-22(25-14)23-11-16-12-24-26-20(16)15-3-5-18(29-2)6-4-15/h3-7,9,12,17H,8,10-11,13H2,1-2H3,(H,23,25)(H,24,26). The summed E-state index contributed by atoms with van der Waals surface area (Å²) in [4.78, 5) is 5.79. The minimum absolute atomic E-state index is 0.331. The summed E-state index contributed by atoms with van der Waals surface area (Å²) in [5.41, 5.74) is 5.05. The SMILES string of the molecule is COc1ccc(-c2[nH]ncc2CNc2nc(C)c(-c3ccn(C4CCOC4)n3)s2)cc1. The molecule has 4 heterocycles. The number of H-pyrrole nitrogens is 1. The van der Waals surface area contributed by atoms with Crippen molar-refractivity contribution in [1.82, 2.24) is 25.0 Å². The molecule has 0 bridgehead atoms. The lowest BCUT2D eigenvalue weighted by atomic mass is 10.1. The van der Waals surface area contributed by atoms with Crippen LogP contribution < -0.4 is 10.1 Å². The van der Waals surface area contributed by atoms with Gasteiger partial charge in [-0.25, -0.2) is 4.98 Å². The van der Waals surface area contributed by atoms with Crippen molar-refractivity contribution in [3.63, 3.8) is 0 Å². The molecule has 1 saturated heterocycles. The molecule has 160 valence electrons. The van der Waals surface area contributed by atoms with E-state index in [0.717, 1.165) is 63.6 Å². The van der Waals surface area contributed by atoms with E-state index >= 15 is 0 Å². The van der Waals surface area contributed by atoms with Crippen LogP contribution >= 0.6 is 11.3 Å². The molecule has 4 aromatic rings. The number of aromatic amines is 1. The minimum Gasteiger partial charge on any atom is -0.497 e. The highest BCUT2D eigenvalue weighted by atomic mass is 32.1. The van der Waals surface area contributed by atoms with Gasteiger partial charge < -0.3 is 14.8 Å². The average Bonchev–Trinajstić information content (AvgIpc) is 3.59. The summed E-state index contributed by atoms with van der Waals surface area (Å²) in [5.74, 6) is 0.830. The third-order valence-electron chi connectivity index (χ3n) is 5.44. The van der Waals surface area contributed by atoms with Gasteiger partial charge in [0.15, 0.2) is 5.13 Å². The van der Waals surface area contributed by atoms with Crippen LogP contribution in [0.25, 0.3) is 21.8 Å². The highest BCUT2D eigenvalue weighted by Gasteiger charge is 2.20. The Labute approximate surface area is 184 Å². The van der Waals surface area contributed by atoms with Gasteiger partial charge >= 0.3 is 0 Å². The molecule has 0 aliphatic carbocycles. The molecule has 1 aliphatic rings. The molecule has 9 heteroatoms. The van der Waals surface area contributed by atoms with Crippen LogP contribution in [0.5, 0.6) is 5.75 Å². The predicted molar refractivity (Wildman–Crippen MR) is 120 cm³/mol. The van der Waals surface area contributed by atoms with E-state index in [4.69, 9.17) is 19.6 Å². The number of rotatable bonds is 7. The van der Waals surface area contributed by atoms with Gasteiger partial charge in [0.1, 0.15) is 11.4 Å². The third kappa shape index (κ3) is 4.06. The third-order valence-corrected chi connectivity index (χ3v) is 6.58. The molecule has 8 nitrogen and oxygen atoms in total. The van der Waals surface area contributed by atoms with E-state index in [9.17, 15) is 0 Å². The van der Waals surface area contributed by atoms with E-state index in [1.165, 1.54) is 0 Å². The quantitative estimate of drug-likeness (QED) is 0.449. The van der Waals surface area contributed by atoms with Crippen molar-refractivity contribution in [2.24, 2.45) is 0 Å². The molecule has 0 amide bonds. The molecule has 0 spiro atoms. The first kappa shape index (κ1) is 19.8. The number of aromatic nitrogens is 5. The highest BCUT2D eigenvalue weighted by molar-refractivity contribution is 7.19. The van der Waals surface area contributed by atoms with Crippen molar-refractivity contribution >= 4 is 16.5 Å². The van der Waals surface area contributed by atoms with Crippen LogP contribution in [-0.4, -0.2) is 45.3 Å². The zero-order valence-corrected chi connectivity index (χ0v) is 18.3. The van der Waals surface area contributed by atoms with Crippen LogP contribution in [0, 0.1) is 6.92 Å². The van der Waals surface area contributed by atoms with E-state index in [1.807, 2.05) is 48.3 Å². The van der Waals surface area contributed by atoms with Crippen molar-refractivity contribution < 1.29 is 9.47 Å². The molecule has 31 heavy (non-hydrogen) atoms. The minimum atomic E-state index is 0.331. The monoisotopic (exact) mass is 436 g/mol. The number of aryl methyl sites for hydroxylation is 1. The molecule has 1 atom stereocenters. The molecule has 5 rings (SSSR count). The number of nitrogens with one attached hydrogen (secondary N) is 2. The lowest BCUT2D eigenvalue weighted by Crippen LogP contribution is -2.08. The topological polar surface area (TPSA) is 89.9 Å². The van der Waals surface area contributed by atoms with Gasteiger partial charge in [-0.3, -0.25) is 9.78 Å². The van der Waals surface area contributed by atoms with Gasteiger partial charge in [-0.05, 0) is 43.7 Å². The molecule has 0 saturated carbocycles. The Morgan fingerprint density at radius 3 is 2.94 bits per heavy atom. The molecule has 3 aromatic heterocycles. The fourth-order valence-electron chi connectivity index (χ4n) is 3.73.